The Hall–Kier alpha value is -4.48. The quantitative estimate of drug-likeness (QED) is 0.404. The predicted octanol–water partition coefficient (Wildman–Crippen LogP) is 3.64. The summed E-state index contributed by atoms with van der Waals surface area (Å²) in [5.41, 5.74) is 9.24. The number of fused-ring (bicyclic) bond motifs is 2. The van der Waals surface area contributed by atoms with Gasteiger partial charge in [0.15, 0.2) is 0 Å². The van der Waals surface area contributed by atoms with E-state index in [2.05, 4.69) is 20.9 Å². The summed E-state index contributed by atoms with van der Waals surface area (Å²) in [4.78, 5) is 25.4. The maximum Gasteiger partial charge on any atom is 0.278 e. The van der Waals surface area contributed by atoms with Crippen LogP contribution in [0.2, 0.25) is 0 Å². The van der Waals surface area contributed by atoms with Crippen LogP contribution in [0.25, 0.3) is 21.8 Å². The standard InChI is InChI=1S/C29H27N7O/c30-15-24-26-27(29(37)35(19-33-26)18-25-23-11-5-4-9-21(23)12-13-32-25)36(16-20-7-2-1-3-8-20)28(24)34-14-6-10-22(31)17-34/h1-5,7-9,11-13,19,22H,6,10,14,16-18,31H2/t22-/m0/s1. The molecule has 2 aromatic carbocycles. The zero-order valence-corrected chi connectivity index (χ0v) is 20.4. The molecular formula is C29H27N7O. The Morgan fingerprint density at radius 1 is 1.03 bits per heavy atom. The Labute approximate surface area is 214 Å². The Balaban J connectivity index is 1.55. The molecule has 1 saturated heterocycles. The lowest BCUT2D eigenvalue weighted by molar-refractivity contribution is 0.498. The summed E-state index contributed by atoms with van der Waals surface area (Å²) in [5.74, 6) is 0.724. The third kappa shape index (κ3) is 4.13. The largest absolute Gasteiger partial charge is 0.355 e. The molecule has 8 heteroatoms. The SMILES string of the molecule is N#Cc1c(N2CCC[C@H](N)C2)n(Cc2ccccc2)c2c(=O)n(Cc3nccc4ccccc34)cnc12. The Morgan fingerprint density at radius 2 is 1.84 bits per heavy atom. The van der Waals surface area contributed by atoms with E-state index in [-0.39, 0.29) is 18.1 Å². The number of aromatic nitrogens is 4. The van der Waals surface area contributed by atoms with Gasteiger partial charge in [-0.3, -0.25) is 14.3 Å². The molecular weight excluding hydrogens is 462 g/mol. The summed E-state index contributed by atoms with van der Waals surface area (Å²) < 4.78 is 3.55. The first-order valence-electron chi connectivity index (χ1n) is 12.5. The topological polar surface area (TPSA) is 106 Å². The molecule has 0 spiro atoms. The Kier molecular flexibility index (Phi) is 5.91. The molecule has 1 atom stereocenters. The predicted molar refractivity (Wildman–Crippen MR) is 145 cm³/mol. The van der Waals surface area contributed by atoms with Gasteiger partial charge in [-0.1, -0.05) is 54.6 Å². The lowest BCUT2D eigenvalue weighted by atomic mass is 10.1. The summed E-state index contributed by atoms with van der Waals surface area (Å²) >= 11 is 0. The molecule has 0 aliphatic carbocycles. The van der Waals surface area contributed by atoms with Crippen molar-refractivity contribution in [1.29, 1.82) is 5.26 Å². The Morgan fingerprint density at radius 3 is 2.65 bits per heavy atom. The molecule has 1 aliphatic rings. The molecule has 6 rings (SSSR count). The highest BCUT2D eigenvalue weighted by Gasteiger charge is 2.28. The summed E-state index contributed by atoms with van der Waals surface area (Å²) in [7, 11) is 0. The minimum absolute atomic E-state index is 0.0190. The van der Waals surface area contributed by atoms with Crippen molar-refractivity contribution in [1.82, 2.24) is 19.1 Å². The zero-order chi connectivity index (χ0) is 25.4. The van der Waals surface area contributed by atoms with E-state index in [0.29, 0.717) is 29.7 Å². The van der Waals surface area contributed by atoms with Gasteiger partial charge >= 0.3 is 0 Å². The minimum atomic E-state index is -0.195. The number of anilines is 1. The molecule has 4 heterocycles. The fourth-order valence-corrected chi connectivity index (χ4v) is 5.39. The second-order valence-corrected chi connectivity index (χ2v) is 9.58. The zero-order valence-electron chi connectivity index (χ0n) is 20.4. The van der Waals surface area contributed by atoms with Crippen LogP contribution in [0.5, 0.6) is 0 Å². The molecule has 0 bridgehead atoms. The lowest BCUT2D eigenvalue weighted by Gasteiger charge is -2.33. The van der Waals surface area contributed by atoms with E-state index in [4.69, 9.17) is 5.73 Å². The van der Waals surface area contributed by atoms with Gasteiger partial charge in [0.25, 0.3) is 5.56 Å². The van der Waals surface area contributed by atoms with E-state index in [9.17, 15) is 10.1 Å². The molecule has 2 N–H and O–H groups in total. The van der Waals surface area contributed by atoms with E-state index in [1.807, 2.05) is 65.2 Å². The highest BCUT2D eigenvalue weighted by molar-refractivity contribution is 5.89. The third-order valence-electron chi connectivity index (χ3n) is 7.13. The number of pyridine rings is 1. The molecule has 37 heavy (non-hydrogen) atoms. The fraction of sp³-hybridized carbons (Fsp3) is 0.241. The van der Waals surface area contributed by atoms with Crippen molar-refractivity contribution in [2.75, 3.05) is 18.0 Å². The first-order chi connectivity index (χ1) is 18.1. The molecule has 0 unspecified atom stereocenters. The molecule has 5 aromatic rings. The van der Waals surface area contributed by atoms with E-state index in [1.54, 1.807) is 10.8 Å². The van der Waals surface area contributed by atoms with E-state index < -0.39 is 0 Å². The van der Waals surface area contributed by atoms with Crippen LogP contribution < -0.4 is 16.2 Å². The number of nitriles is 1. The number of rotatable bonds is 5. The number of nitrogens with two attached hydrogens (primary N) is 1. The van der Waals surface area contributed by atoms with Crippen LogP contribution in [-0.2, 0) is 13.1 Å². The number of hydrogen-bond donors (Lipinski definition) is 1. The van der Waals surface area contributed by atoms with Crippen LogP contribution in [0.3, 0.4) is 0 Å². The first-order valence-corrected chi connectivity index (χ1v) is 12.5. The van der Waals surface area contributed by atoms with Crippen LogP contribution in [-0.4, -0.2) is 38.2 Å². The molecule has 8 nitrogen and oxygen atoms in total. The normalized spacial score (nSPS) is 15.8. The second kappa shape index (κ2) is 9.52. The second-order valence-electron chi connectivity index (χ2n) is 9.58. The maximum atomic E-state index is 14.0. The van der Waals surface area contributed by atoms with Gasteiger partial charge in [0.2, 0.25) is 0 Å². The number of piperidine rings is 1. The molecule has 1 aliphatic heterocycles. The smallest absolute Gasteiger partial charge is 0.278 e. The summed E-state index contributed by atoms with van der Waals surface area (Å²) in [6.07, 6.45) is 5.18. The maximum absolute atomic E-state index is 14.0. The molecule has 3 aromatic heterocycles. The monoisotopic (exact) mass is 489 g/mol. The van der Waals surface area contributed by atoms with Crippen molar-refractivity contribution < 1.29 is 0 Å². The van der Waals surface area contributed by atoms with Gasteiger partial charge in [-0.25, -0.2) is 4.98 Å². The van der Waals surface area contributed by atoms with Gasteiger partial charge in [0.05, 0.1) is 18.6 Å². The molecule has 0 amide bonds. The van der Waals surface area contributed by atoms with E-state index in [1.165, 1.54) is 6.33 Å². The van der Waals surface area contributed by atoms with Crippen molar-refractivity contribution in [2.24, 2.45) is 5.73 Å². The highest BCUT2D eigenvalue weighted by atomic mass is 16.1. The highest BCUT2D eigenvalue weighted by Crippen LogP contribution is 2.32. The summed E-state index contributed by atoms with van der Waals surface area (Å²) in [6, 6.07) is 22.3. The van der Waals surface area contributed by atoms with Crippen LogP contribution in [0, 0.1) is 11.3 Å². The average molecular weight is 490 g/mol. The first kappa shape index (κ1) is 23.0. The lowest BCUT2D eigenvalue weighted by Crippen LogP contribution is -2.44. The van der Waals surface area contributed by atoms with Gasteiger partial charge in [0.1, 0.15) is 28.5 Å². The molecule has 184 valence electrons. The van der Waals surface area contributed by atoms with Crippen LogP contribution in [0.15, 0.2) is 78.0 Å². The van der Waals surface area contributed by atoms with Crippen molar-refractivity contribution >= 4 is 27.6 Å². The molecule has 0 radical (unpaired) electrons. The third-order valence-corrected chi connectivity index (χ3v) is 7.13. The van der Waals surface area contributed by atoms with Crippen molar-refractivity contribution in [2.45, 2.75) is 32.0 Å². The average Bonchev–Trinajstić information content (AvgIpc) is 3.24. The Bertz CT molecular complexity index is 1690. The van der Waals surface area contributed by atoms with E-state index in [0.717, 1.165) is 47.2 Å². The van der Waals surface area contributed by atoms with Gasteiger partial charge < -0.3 is 15.2 Å². The van der Waals surface area contributed by atoms with Gasteiger partial charge in [-0.05, 0) is 29.9 Å². The van der Waals surface area contributed by atoms with Crippen molar-refractivity contribution in [3.05, 3.63) is 100 Å². The van der Waals surface area contributed by atoms with Crippen molar-refractivity contribution in [3.8, 4) is 6.07 Å². The minimum Gasteiger partial charge on any atom is -0.355 e. The van der Waals surface area contributed by atoms with Crippen LogP contribution in [0.4, 0.5) is 5.82 Å². The van der Waals surface area contributed by atoms with Gasteiger partial charge in [-0.15, -0.1) is 0 Å². The number of nitrogens with zero attached hydrogens (tertiary/aromatic N) is 6. The molecule has 1 fully saturated rings. The number of benzene rings is 2. The van der Waals surface area contributed by atoms with Crippen LogP contribution in [0.1, 0.15) is 29.7 Å². The van der Waals surface area contributed by atoms with Crippen LogP contribution >= 0.6 is 0 Å². The fourth-order valence-electron chi connectivity index (χ4n) is 5.39. The van der Waals surface area contributed by atoms with Gasteiger partial charge in [0, 0.05) is 37.3 Å². The number of hydrogen-bond acceptors (Lipinski definition) is 6. The van der Waals surface area contributed by atoms with Crippen molar-refractivity contribution in [3.63, 3.8) is 0 Å². The summed E-state index contributed by atoms with van der Waals surface area (Å²) in [6.45, 7) is 2.15. The van der Waals surface area contributed by atoms with Gasteiger partial charge in [-0.2, -0.15) is 5.26 Å². The summed E-state index contributed by atoms with van der Waals surface area (Å²) in [5, 5.41) is 12.3. The van der Waals surface area contributed by atoms with E-state index >= 15 is 0 Å². The molecule has 0 saturated carbocycles.